The van der Waals surface area contributed by atoms with E-state index in [2.05, 4.69) is 4.72 Å². The van der Waals surface area contributed by atoms with Gasteiger partial charge in [-0.15, -0.1) is 11.8 Å². The molecule has 0 atom stereocenters. The number of ether oxygens (including phenoxy) is 1. The van der Waals surface area contributed by atoms with E-state index in [9.17, 15) is 17.6 Å². The molecule has 0 unspecified atom stereocenters. The van der Waals surface area contributed by atoms with Crippen molar-refractivity contribution in [2.45, 2.75) is 9.79 Å². The fourth-order valence-electron chi connectivity index (χ4n) is 1.84. The fraction of sp³-hybridized carbons (Fsp3) is 0.188. The summed E-state index contributed by atoms with van der Waals surface area (Å²) < 4.78 is 44.2. The van der Waals surface area contributed by atoms with Crippen LogP contribution >= 0.6 is 11.8 Å². The number of nitrogens with one attached hydrogen (secondary N) is 1. The maximum Gasteiger partial charge on any atom is 0.338 e. The predicted octanol–water partition coefficient (Wildman–Crippen LogP) is 2.68. The zero-order chi connectivity index (χ0) is 17.6. The minimum absolute atomic E-state index is 0.0137. The van der Waals surface area contributed by atoms with E-state index in [1.807, 2.05) is 0 Å². The van der Waals surface area contributed by atoms with Crippen LogP contribution in [-0.4, -0.2) is 33.8 Å². The van der Waals surface area contributed by atoms with Crippen molar-refractivity contribution in [3.8, 4) is 0 Å². The molecule has 0 bridgehead atoms. The Balaban J connectivity index is 1.91. The van der Waals surface area contributed by atoms with Gasteiger partial charge in [0.25, 0.3) is 0 Å². The summed E-state index contributed by atoms with van der Waals surface area (Å²) in [5.41, 5.74) is 0.141. The van der Waals surface area contributed by atoms with Gasteiger partial charge in [-0.25, -0.2) is 22.3 Å². The maximum atomic E-state index is 13.4. The van der Waals surface area contributed by atoms with Crippen molar-refractivity contribution < 1.29 is 22.3 Å². The normalized spacial score (nSPS) is 11.2. The molecule has 0 saturated heterocycles. The molecule has 128 valence electrons. The lowest BCUT2D eigenvalue weighted by Gasteiger charge is -2.07. The van der Waals surface area contributed by atoms with E-state index in [1.165, 1.54) is 49.1 Å². The fourth-order valence-corrected chi connectivity index (χ4v) is 3.38. The first-order valence-electron chi connectivity index (χ1n) is 7.02. The standard InChI is InChI=1S/C16H16FNO4S2/c1-18-24(20,21)13-6-4-5-12(11-13)16(19)22-9-10-23-15-8-3-2-7-14(15)17/h2-8,11,18H,9-10H2,1H3. The smallest absolute Gasteiger partial charge is 0.338 e. The Hall–Kier alpha value is -1.90. The number of thioether (sulfide) groups is 1. The molecule has 8 heteroatoms. The predicted molar refractivity (Wildman–Crippen MR) is 90.1 cm³/mol. The largest absolute Gasteiger partial charge is 0.461 e. The number of carbonyl (C=O) groups excluding carboxylic acids is 1. The molecule has 0 saturated carbocycles. The van der Waals surface area contributed by atoms with Crippen LogP contribution in [0.2, 0.25) is 0 Å². The molecular weight excluding hydrogens is 353 g/mol. The second-order valence-electron chi connectivity index (χ2n) is 4.65. The molecule has 0 aliphatic carbocycles. The Kier molecular flexibility index (Phi) is 6.36. The lowest BCUT2D eigenvalue weighted by molar-refractivity contribution is 0.0530. The Morgan fingerprint density at radius 2 is 1.96 bits per heavy atom. The van der Waals surface area contributed by atoms with Crippen LogP contribution in [0.3, 0.4) is 0 Å². The first kappa shape index (κ1) is 18.4. The molecule has 0 heterocycles. The number of carbonyl (C=O) groups is 1. The third-order valence-corrected chi connectivity index (χ3v) is 5.48. The van der Waals surface area contributed by atoms with E-state index in [1.54, 1.807) is 18.2 Å². The number of rotatable bonds is 7. The highest BCUT2D eigenvalue weighted by Gasteiger charge is 2.15. The molecule has 1 N–H and O–H groups in total. The molecule has 0 aromatic heterocycles. The second kappa shape index (κ2) is 8.27. The van der Waals surface area contributed by atoms with Gasteiger partial charge in [-0.2, -0.15) is 0 Å². The summed E-state index contributed by atoms with van der Waals surface area (Å²) in [5.74, 6) is -0.558. The Morgan fingerprint density at radius 1 is 1.21 bits per heavy atom. The van der Waals surface area contributed by atoms with E-state index >= 15 is 0 Å². The van der Waals surface area contributed by atoms with Crippen molar-refractivity contribution in [2.75, 3.05) is 19.4 Å². The monoisotopic (exact) mass is 369 g/mol. The zero-order valence-corrected chi connectivity index (χ0v) is 14.5. The molecule has 0 amide bonds. The van der Waals surface area contributed by atoms with Crippen molar-refractivity contribution in [1.29, 1.82) is 0 Å². The van der Waals surface area contributed by atoms with Gasteiger partial charge < -0.3 is 4.74 Å². The average molecular weight is 369 g/mol. The lowest BCUT2D eigenvalue weighted by Crippen LogP contribution is -2.19. The van der Waals surface area contributed by atoms with Gasteiger partial charge in [-0.05, 0) is 37.4 Å². The van der Waals surface area contributed by atoms with Crippen molar-refractivity contribution in [3.63, 3.8) is 0 Å². The van der Waals surface area contributed by atoms with Crippen molar-refractivity contribution in [1.82, 2.24) is 4.72 Å². The number of sulfonamides is 1. The summed E-state index contributed by atoms with van der Waals surface area (Å²) in [6.07, 6.45) is 0. The topological polar surface area (TPSA) is 72.5 Å². The quantitative estimate of drug-likeness (QED) is 0.462. The summed E-state index contributed by atoms with van der Waals surface area (Å²) in [7, 11) is -2.33. The first-order valence-corrected chi connectivity index (χ1v) is 9.49. The summed E-state index contributed by atoms with van der Waals surface area (Å²) >= 11 is 1.24. The molecule has 2 rings (SSSR count). The van der Waals surface area contributed by atoms with Gasteiger partial charge in [0, 0.05) is 10.6 Å². The van der Waals surface area contributed by atoms with Crippen LogP contribution in [0.4, 0.5) is 4.39 Å². The minimum atomic E-state index is -3.62. The van der Waals surface area contributed by atoms with Gasteiger partial charge in [0.2, 0.25) is 10.0 Å². The van der Waals surface area contributed by atoms with Crippen LogP contribution in [0.5, 0.6) is 0 Å². The molecule has 5 nitrogen and oxygen atoms in total. The molecule has 0 spiro atoms. The van der Waals surface area contributed by atoms with Gasteiger partial charge in [0.1, 0.15) is 12.4 Å². The van der Waals surface area contributed by atoms with Crippen molar-refractivity contribution in [3.05, 3.63) is 59.9 Å². The number of hydrogen-bond acceptors (Lipinski definition) is 5. The number of esters is 1. The van der Waals surface area contributed by atoms with Crippen LogP contribution in [-0.2, 0) is 14.8 Å². The Morgan fingerprint density at radius 3 is 2.67 bits per heavy atom. The Labute approximate surface area is 144 Å². The van der Waals surface area contributed by atoms with Crippen LogP contribution in [0.25, 0.3) is 0 Å². The SMILES string of the molecule is CNS(=O)(=O)c1cccc(C(=O)OCCSc2ccccc2F)c1. The summed E-state index contributed by atoms with van der Waals surface area (Å²) in [6.45, 7) is 0.0842. The second-order valence-corrected chi connectivity index (χ2v) is 7.67. The van der Waals surface area contributed by atoms with Crippen LogP contribution < -0.4 is 4.72 Å². The molecule has 2 aromatic rings. The molecule has 0 fully saturated rings. The van der Waals surface area contributed by atoms with Gasteiger partial charge in [0.05, 0.1) is 10.5 Å². The molecular formula is C16H16FNO4S2. The summed E-state index contributed by atoms with van der Waals surface area (Å²) in [6, 6.07) is 11.9. The van der Waals surface area contributed by atoms with Crippen LogP contribution in [0, 0.1) is 5.82 Å². The molecule has 0 radical (unpaired) electrons. The van der Waals surface area contributed by atoms with Crippen LogP contribution in [0.15, 0.2) is 58.3 Å². The molecule has 0 aliphatic heterocycles. The lowest BCUT2D eigenvalue weighted by atomic mass is 10.2. The third-order valence-electron chi connectivity index (χ3n) is 3.06. The van der Waals surface area contributed by atoms with E-state index in [-0.39, 0.29) is 22.9 Å². The number of hydrogen-bond donors (Lipinski definition) is 1. The van der Waals surface area contributed by atoms with Gasteiger partial charge in [-0.3, -0.25) is 0 Å². The van der Waals surface area contributed by atoms with E-state index in [0.717, 1.165) is 0 Å². The highest BCUT2D eigenvalue weighted by Crippen LogP contribution is 2.21. The van der Waals surface area contributed by atoms with Gasteiger partial charge >= 0.3 is 5.97 Å². The number of halogens is 1. The van der Waals surface area contributed by atoms with Crippen molar-refractivity contribution >= 4 is 27.8 Å². The zero-order valence-electron chi connectivity index (χ0n) is 12.9. The van der Waals surface area contributed by atoms with E-state index in [0.29, 0.717) is 10.6 Å². The first-order chi connectivity index (χ1) is 11.4. The van der Waals surface area contributed by atoms with Gasteiger partial charge in [-0.1, -0.05) is 18.2 Å². The highest BCUT2D eigenvalue weighted by atomic mass is 32.2. The molecule has 24 heavy (non-hydrogen) atoms. The number of benzene rings is 2. The van der Waals surface area contributed by atoms with Crippen molar-refractivity contribution in [2.24, 2.45) is 0 Å². The summed E-state index contributed by atoms with van der Waals surface area (Å²) in [5, 5.41) is 0. The Bertz CT molecular complexity index is 824. The van der Waals surface area contributed by atoms with Gasteiger partial charge in [0.15, 0.2) is 0 Å². The molecule has 0 aliphatic rings. The van der Waals surface area contributed by atoms with E-state index < -0.39 is 16.0 Å². The average Bonchev–Trinajstić information content (AvgIpc) is 2.60. The molecule has 2 aromatic carbocycles. The van der Waals surface area contributed by atoms with Crippen LogP contribution in [0.1, 0.15) is 10.4 Å². The van der Waals surface area contributed by atoms with E-state index in [4.69, 9.17) is 4.74 Å². The summed E-state index contributed by atoms with van der Waals surface area (Å²) in [4.78, 5) is 12.4. The third kappa shape index (κ3) is 4.80. The minimum Gasteiger partial charge on any atom is -0.461 e. The highest BCUT2D eigenvalue weighted by molar-refractivity contribution is 7.99. The maximum absolute atomic E-state index is 13.4.